The van der Waals surface area contributed by atoms with Crippen LogP contribution in [0.4, 0.5) is 0 Å². The van der Waals surface area contributed by atoms with Gasteiger partial charge < -0.3 is 0 Å². The van der Waals surface area contributed by atoms with Gasteiger partial charge in [-0.05, 0) is 0 Å². The summed E-state index contributed by atoms with van der Waals surface area (Å²) in [5, 5.41) is 10.9. The van der Waals surface area contributed by atoms with Crippen molar-refractivity contribution in [2.75, 3.05) is 0 Å². The Morgan fingerprint density at radius 2 is 1.97 bits per heavy atom. The van der Waals surface area contributed by atoms with Crippen molar-refractivity contribution in [1.29, 1.82) is 0 Å². The number of aliphatic hydroxyl groups is 1. The van der Waals surface area contributed by atoms with Crippen molar-refractivity contribution in [2.45, 2.75) is 56.5 Å². The molecular formula is C20H24N2O6Se. The molecule has 9 heteroatoms. The van der Waals surface area contributed by atoms with Crippen LogP contribution in [0.3, 0.4) is 0 Å². The van der Waals surface area contributed by atoms with Gasteiger partial charge in [-0.1, -0.05) is 0 Å². The Morgan fingerprint density at radius 1 is 1.31 bits per heavy atom. The van der Waals surface area contributed by atoms with E-state index in [2.05, 4.69) is 4.98 Å². The molecule has 1 saturated heterocycles. The number of esters is 1. The number of nitrogens with one attached hydrogen (secondary N) is 1. The minimum absolute atomic E-state index is 0.0131. The van der Waals surface area contributed by atoms with E-state index in [-0.39, 0.29) is 6.42 Å². The fourth-order valence-electron chi connectivity index (χ4n) is 2.98. The van der Waals surface area contributed by atoms with Gasteiger partial charge >= 0.3 is 174 Å². The number of aryl methyl sites for hydroxylation is 1. The molecule has 2 heterocycles. The zero-order chi connectivity index (χ0) is 21.4. The van der Waals surface area contributed by atoms with Gasteiger partial charge in [0.15, 0.2) is 0 Å². The van der Waals surface area contributed by atoms with Gasteiger partial charge in [0.05, 0.1) is 0 Å². The molecular weight excluding hydrogens is 443 g/mol. The van der Waals surface area contributed by atoms with E-state index in [1.54, 1.807) is 27.7 Å². The molecule has 1 fully saturated rings. The molecule has 0 aliphatic carbocycles. The molecule has 3 rings (SSSR count). The number of nitrogens with zero attached hydrogens (tertiary/aromatic N) is 1. The molecule has 29 heavy (non-hydrogen) atoms. The second-order valence-corrected chi connectivity index (χ2v) is 10.6. The number of H-pyrrole nitrogens is 1. The third kappa shape index (κ3) is 4.53. The summed E-state index contributed by atoms with van der Waals surface area (Å²) in [7, 11) is 0. The Morgan fingerprint density at radius 3 is 2.59 bits per heavy atom. The fraction of sp³-hybridized carbons (Fsp3) is 0.450. The number of carbonyl (C=O) groups is 1. The van der Waals surface area contributed by atoms with Crippen LogP contribution in [-0.4, -0.2) is 51.8 Å². The van der Waals surface area contributed by atoms with Crippen molar-refractivity contribution in [3.05, 3.63) is 62.9 Å². The average Bonchev–Trinajstić information content (AvgIpc) is 2.95. The van der Waals surface area contributed by atoms with Gasteiger partial charge in [-0.3, -0.25) is 0 Å². The number of hydrogen-bond acceptors (Lipinski definition) is 6. The summed E-state index contributed by atoms with van der Waals surface area (Å²) in [5.74, 6) is -0.668. The molecule has 2 aromatic rings. The van der Waals surface area contributed by atoms with Crippen molar-refractivity contribution >= 4 is 25.4 Å². The second kappa shape index (κ2) is 7.91. The molecule has 1 aromatic carbocycles. The number of rotatable bonds is 4. The van der Waals surface area contributed by atoms with Gasteiger partial charge in [0.1, 0.15) is 0 Å². The Hall–Kier alpha value is -2.19. The molecule has 8 nitrogen and oxygen atoms in total. The van der Waals surface area contributed by atoms with Crippen LogP contribution in [0.25, 0.3) is 0 Å². The Kier molecular flexibility index (Phi) is 5.87. The van der Waals surface area contributed by atoms with E-state index in [4.69, 9.17) is 9.47 Å². The first-order valence-corrected chi connectivity index (χ1v) is 10.9. The van der Waals surface area contributed by atoms with E-state index in [9.17, 15) is 19.5 Å². The summed E-state index contributed by atoms with van der Waals surface area (Å²) in [6.45, 7) is 6.78. The first-order valence-electron chi connectivity index (χ1n) is 9.17. The van der Waals surface area contributed by atoms with Crippen LogP contribution in [0.2, 0.25) is 0 Å². The molecule has 2 N–H and O–H groups in total. The molecule has 156 valence electrons. The zero-order valence-electron chi connectivity index (χ0n) is 16.7. The summed E-state index contributed by atoms with van der Waals surface area (Å²) >= 11 is -0.633. The zero-order valence-corrected chi connectivity index (χ0v) is 18.4. The van der Waals surface area contributed by atoms with Crippen molar-refractivity contribution in [2.24, 2.45) is 0 Å². The predicted molar refractivity (Wildman–Crippen MR) is 107 cm³/mol. The van der Waals surface area contributed by atoms with E-state index in [1.807, 2.05) is 30.3 Å². The first-order chi connectivity index (χ1) is 13.5. The van der Waals surface area contributed by atoms with Gasteiger partial charge in [-0.2, -0.15) is 0 Å². The molecule has 1 aromatic heterocycles. The number of aliphatic hydroxyl groups excluding tert-OH is 1. The molecule has 0 amide bonds. The Balaban J connectivity index is 2.02. The van der Waals surface area contributed by atoms with Crippen LogP contribution in [0.15, 0.2) is 46.1 Å². The van der Waals surface area contributed by atoms with Gasteiger partial charge in [0, 0.05) is 0 Å². The summed E-state index contributed by atoms with van der Waals surface area (Å²) in [6, 6.07) is 9.25. The Bertz CT molecular complexity index is 1010. The first kappa shape index (κ1) is 21.5. The maximum atomic E-state index is 13.1. The van der Waals surface area contributed by atoms with Crippen LogP contribution < -0.4 is 15.7 Å². The summed E-state index contributed by atoms with van der Waals surface area (Å²) in [6.07, 6.45) is -0.703. The third-order valence-electron chi connectivity index (χ3n) is 4.33. The number of benzene rings is 1. The van der Waals surface area contributed by atoms with Crippen LogP contribution >= 0.6 is 0 Å². The van der Waals surface area contributed by atoms with E-state index in [0.717, 1.165) is 4.46 Å². The van der Waals surface area contributed by atoms with Crippen LogP contribution in [0.5, 0.6) is 0 Å². The number of carbonyl (C=O) groups excluding carboxylic acids is 1. The van der Waals surface area contributed by atoms with Crippen molar-refractivity contribution in [3.8, 4) is 0 Å². The molecule has 0 bridgehead atoms. The quantitative estimate of drug-likeness (QED) is 0.491. The monoisotopic (exact) mass is 468 g/mol. The van der Waals surface area contributed by atoms with Crippen LogP contribution in [0, 0.1) is 6.92 Å². The molecule has 3 atom stereocenters. The number of aromatic amines is 1. The third-order valence-corrected chi connectivity index (χ3v) is 7.15. The standard InChI is InChI=1S/C20H24N2O6Se/c1-12-11-22(18(26)21-16(12)24)15-10-14(23)20(27-15,17(25)28-19(2,3)4)29-13-8-6-5-7-9-13/h5-9,11,14-15,23H,10H2,1-4H3,(H,21,24,26)/t14-,15+,20-/m0/s1. The molecule has 0 saturated carbocycles. The van der Waals surface area contributed by atoms with Gasteiger partial charge in [0.25, 0.3) is 0 Å². The Labute approximate surface area is 174 Å². The summed E-state index contributed by atoms with van der Waals surface area (Å²) < 4.78 is 12.1. The van der Waals surface area contributed by atoms with Crippen molar-refractivity contribution in [1.82, 2.24) is 9.55 Å². The summed E-state index contributed by atoms with van der Waals surface area (Å²) in [4.78, 5) is 39.3. The topological polar surface area (TPSA) is 111 Å². The number of hydrogen-bond donors (Lipinski definition) is 2. The van der Waals surface area contributed by atoms with Gasteiger partial charge in [-0.15, -0.1) is 0 Å². The van der Waals surface area contributed by atoms with Crippen LogP contribution in [-0.2, 0) is 14.3 Å². The number of ether oxygens (including phenoxy) is 2. The summed E-state index contributed by atoms with van der Waals surface area (Å²) in [5.41, 5.74) is -1.60. The SMILES string of the molecule is Cc1cn([C@H]2C[C@H](O)[C@]([Se]c3ccccc3)(C(=O)OC(C)(C)C)O2)c(=O)[nH]c1=O. The van der Waals surface area contributed by atoms with Crippen molar-refractivity contribution in [3.63, 3.8) is 0 Å². The molecule has 1 aliphatic rings. The van der Waals surface area contributed by atoms with Crippen molar-refractivity contribution < 1.29 is 19.4 Å². The predicted octanol–water partition coefficient (Wildman–Crippen LogP) is 0.193. The van der Waals surface area contributed by atoms with Gasteiger partial charge in [0.2, 0.25) is 0 Å². The minimum atomic E-state index is -1.62. The van der Waals surface area contributed by atoms with Crippen LogP contribution in [0.1, 0.15) is 39.0 Å². The molecule has 1 aliphatic heterocycles. The molecule has 0 unspecified atom stereocenters. The molecule has 0 spiro atoms. The maximum absolute atomic E-state index is 13.1. The van der Waals surface area contributed by atoms with Gasteiger partial charge in [-0.25, -0.2) is 0 Å². The van der Waals surface area contributed by atoms with E-state index < -0.39 is 54.6 Å². The second-order valence-electron chi connectivity index (χ2n) is 7.89. The van der Waals surface area contributed by atoms with E-state index >= 15 is 0 Å². The normalized spacial score (nSPS) is 24.4. The fourth-order valence-corrected chi connectivity index (χ4v) is 5.41. The van der Waals surface area contributed by atoms with E-state index in [0.29, 0.717) is 5.56 Å². The average molecular weight is 467 g/mol. The van der Waals surface area contributed by atoms with E-state index in [1.165, 1.54) is 10.8 Å². The molecule has 0 radical (unpaired) electrons. The number of aromatic nitrogens is 2.